The van der Waals surface area contributed by atoms with Crippen LogP contribution in [0.25, 0.3) is 33.5 Å². The predicted octanol–water partition coefficient (Wildman–Crippen LogP) is 5.74. The van der Waals surface area contributed by atoms with Crippen LogP contribution < -0.4 is 0 Å². The second-order valence-corrected chi connectivity index (χ2v) is 7.25. The quantitative estimate of drug-likeness (QED) is 0.506. The van der Waals surface area contributed by atoms with Crippen LogP contribution in [0, 0.1) is 5.82 Å². The Hall–Kier alpha value is -2.95. The van der Waals surface area contributed by atoms with Crippen LogP contribution in [-0.4, -0.2) is 19.5 Å². The minimum atomic E-state index is -0.232. The summed E-state index contributed by atoms with van der Waals surface area (Å²) in [5, 5.41) is 1.08. The van der Waals surface area contributed by atoms with E-state index >= 15 is 0 Å². The van der Waals surface area contributed by atoms with Crippen molar-refractivity contribution in [2.75, 3.05) is 0 Å². The molecule has 1 N–H and O–H groups in total. The highest BCUT2D eigenvalue weighted by Crippen LogP contribution is 2.39. The standard InChI is InChI=1S/C22H21FN4/c23-16-8-6-15(7-9-16)20-21(18-10-12-24-22-19(18)11-13-25-22)27(14-26-20)17-4-2-1-3-5-17/h6-14,17H,1-5H2,(H,24,25). The summed E-state index contributed by atoms with van der Waals surface area (Å²) in [6.07, 6.45) is 11.9. The van der Waals surface area contributed by atoms with Crippen molar-refractivity contribution < 1.29 is 4.39 Å². The highest BCUT2D eigenvalue weighted by atomic mass is 19.1. The molecule has 0 unspecified atom stereocenters. The number of hydrogen-bond acceptors (Lipinski definition) is 2. The van der Waals surface area contributed by atoms with Crippen LogP contribution in [0.15, 0.2) is 55.1 Å². The average molecular weight is 360 g/mol. The zero-order valence-electron chi connectivity index (χ0n) is 15.0. The number of aromatic nitrogens is 4. The summed E-state index contributed by atoms with van der Waals surface area (Å²) in [4.78, 5) is 12.4. The van der Waals surface area contributed by atoms with Crippen molar-refractivity contribution >= 4 is 11.0 Å². The van der Waals surface area contributed by atoms with Gasteiger partial charge in [-0.05, 0) is 49.2 Å². The molecule has 1 aliphatic carbocycles. The van der Waals surface area contributed by atoms with Crippen LogP contribution in [0.3, 0.4) is 0 Å². The molecule has 1 saturated carbocycles. The van der Waals surface area contributed by atoms with Gasteiger partial charge in [0, 0.05) is 34.9 Å². The monoisotopic (exact) mass is 360 g/mol. The largest absolute Gasteiger partial charge is 0.346 e. The second kappa shape index (κ2) is 6.65. The zero-order chi connectivity index (χ0) is 18.2. The van der Waals surface area contributed by atoms with E-state index in [1.54, 1.807) is 0 Å². The number of imidazole rings is 1. The molecule has 1 aliphatic rings. The highest BCUT2D eigenvalue weighted by Gasteiger charge is 2.23. The molecule has 27 heavy (non-hydrogen) atoms. The van der Waals surface area contributed by atoms with Crippen LogP contribution >= 0.6 is 0 Å². The molecule has 0 bridgehead atoms. The number of rotatable bonds is 3. The maximum atomic E-state index is 13.5. The molecule has 0 aliphatic heterocycles. The van der Waals surface area contributed by atoms with Crippen molar-refractivity contribution in [2.45, 2.75) is 38.1 Å². The van der Waals surface area contributed by atoms with Crippen molar-refractivity contribution in [1.82, 2.24) is 19.5 Å². The summed E-state index contributed by atoms with van der Waals surface area (Å²) in [7, 11) is 0. The van der Waals surface area contributed by atoms with Crippen LogP contribution in [0.2, 0.25) is 0 Å². The van der Waals surface area contributed by atoms with E-state index in [4.69, 9.17) is 4.98 Å². The molecule has 0 amide bonds. The molecular weight excluding hydrogens is 339 g/mol. The summed E-state index contributed by atoms with van der Waals surface area (Å²) in [6, 6.07) is 11.2. The first-order chi connectivity index (χ1) is 13.3. The Morgan fingerprint density at radius 1 is 0.963 bits per heavy atom. The van der Waals surface area contributed by atoms with E-state index in [-0.39, 0.29) is 5.82 Å². The maximum absolute atomic E-state index is 13.5. The Bertz CT molecular complexity index is 1070. The van der Waals surface area contributed by atoms with Crippen molar-refractivity contribution in [3.05, 3.63) is 60.9 Å². The lowest BCUT2D eigenvalue weighted by molar-refractivity contribution is 0.355. The summed E-state index contributed by atoms with van der Waals surface area (Å²) in [6.45, 7) is 0. The van der Waals surface area contributed by atoms with Gasteiger partial charge in [-0.15, -0.1) is 0 Å². The third-order valence-corrected chi connectivity index (χ3v) is 5.59. The number of nitrogens with zero attached hydrogens (tertiary/aromatic N) is 3. The van der Waals surface area contributed by atoms with Gasteiger partial charge in [0.15, 0.2) is 0 Å². The van der Waals surface area contributed by atoms with Gasteiger partial charge in [0.1, 0.15) is 11.5 Å². The van der Waals surface area contributed by atoms with E-state index in [1.807, 2.05) is 30.9 Å². The minimum absolute atomic E-state index is 0.232. The number of nitrogens with one attached hydrogen (secondary N) is 1. The predicted molar refractivity (Wildman–Crippen MR) is 105 cm³/mol. The lowest BCUT2D eigenvalue weighted by atomic mass is 9.94. The Morgan fingerprint density at radius 2 is 1.78 bits per heavy atom. The van der Waals surface area contributed by atoms with Gasteiger partial charge in [0.25, 0.3) is 0 Å². The smallest absolute Gasteiger partial charge is 0.137 e. The van der Waals surface area contributed by atoms with Gasteiger partial charge in [-0.25, -0.2) is 14.4 Å². The summed E-state index contributed by atoms with van der Waals surface area (Å²) < 4.78 is 15.8. The molecule has 0 saturated heterocycles. The van der Waals surface area contributed by atoms with Crippen LogP contribution in [0.4, 0.5) is 4.39 Å². The summed E-state index contributed by atoms with van der Waals surface area (Å²) >= 11 is 0. The maximum Gasteiger partial charge on any atom is 0.137 e. The molecule has 0 spiro atoms. The molecule has 5 rings (SSSR count). The number of H-pyrrole nitrogens is 1. The first kappa shape index (κ1) is 16.2. The van der Waals surface area contributed by atoms with E-state index in [2.05, 4.69) is 26.7 Å². The highest BCUT2D eigenvalue weighted by molar-refractivity contribution is 5.95. The molecule has 4 aromatic rings. The SMILES string of the molecule is Fc1ccc(-c2ncn(C3CCCCC3)c2-c2ccnc3[nH]ccc23)cc1. The molecule has 5 heteroatoms. The van der Waals surface area contributed by atoms with Crippen molar-refractivity contribution in [3.8, 4) is 22.5 Å². The first-order valence-corrected chi connectivity index (χ1v) is 9.56. The lowest BCUT2D eigenvalue weighted by Crippen LogP contribution is -2.13. The topological polar surface area (TPSA) is 46.5 Å². The number of aromatic amines is 1. The molecule has 3 heterocycles. The molecule has 3 aromatic heterocycles. The van der Waals surface area contributed by atoms with Gasteiger partial charge >= 0.3 is 0 Å². The van der Waals surface area contributed by atoms with Gasteiger partial charge < -0.3 is 9.55 Å². The molecule has 1 fully saturated rings. The summed E-state index contributed by atoms with van der Waals surface area (Å²) in [5.74, 6) is -0.232. The molecule has 1 aromatic carbocycles. The van der Waals surface area contributed by atoms with Gasteiger partial charge in [-0.3, -0.25) is 0 Å². The molecule has 4 nitrogen and oxygen atoms in total. The van der Waals surface area contributed by atoms with Gasteiger partial charge in [0.05, 0.1) is 17.7 Å². The Kier molecular flexibility index (Phi) is 4.00. The van der Waals surface area contributed by atoms with Gasteiger partial charge in [-0.2, -0.15) is 0 Å². The number of pyridine rings is 1. The Labute approximate surface area is 157 Å². The van der Waals surface area contributed by atoms with Crippen LogP contribution in [0.1, 0.15) is 38.1 Å². The van der Waals surface area contributed by atoms with Crippen LogP contribution in [-0.2, 0) is 0 Å². The van der Waals surface area contributed by atoms with E-state index in [0.717, 1.165) is 33.5 Å². The van der Waals surface area contributed by atoms with Crippen LogP contribution in [0.5, 0.6) is 0 Å². The third kappa shape index (κ3) is 2.83. The zero-order valence-corrected chi connectivity index (χ0v) is 15.0. The lowest BCUT2D eigenvalue weighted by Gasteiger charge is -2.25. The van der Waals surface area contributed by atoms with E-state index in [0.29, 0.717) is 6.04 Å². The van der Waals surface area contributed by atoms with E-state index < -0.39 is 0 Å². The fraction of sp³-hybridized carbons (Fsp3) is 0.273. The van der Waals surface area contributed by atoms with Gasteiger partial charge in [-0.1, -0.05) is 19.3 Å². The average Bonchev–Trinajstić information content (AvgIpc) is 3.36. The molecule has 0 radical (unpaired) electrons. The van der Waals surface area contributed by atoms with Crippen molar-refractivity contribution in [3.63, 3.8) is 0 Å². The van der Waals surface area contributed by atoms with Crippen molar-refractivity contribution in [2.24, 2.45) is 0 Å². The third-order valence-electron chi connectivity index (χ3n) is 5.59. The molecule has 0 atom stereocenters. The Balaban J connectivity index is 1.74. The number of hydrogen-bond donors (Lipinski definition) is 1. The number of halogens is 1. The number of benzene rings is 1. The van der Waals surface area contributed by atoms with E-state index in [1.165, 1.54) is 44.2 Å². The number of fused-ring (bicyclic) bond motifs is 1. The molecular formula is C22H21FN4. The fourth-order valence-electron chi connectivity index (χ4n) is 4.25. The minimum Gasteiger partial charge on any atom is -0.346 e. The summed E-state index contributed by atoms with van der Waals surface area (Å²) in [5.41, 5.74) is 4.91. The van der Waals surface area contributed by atoms with Gasteiger partial charge in [0.2, 0.25) is 0 Å². The molecule has 136 valence electrons. The van der Waals surface area contributed by atoms with Crippen molar-refractivity contribution in [1.29, 1.82) is 0 Å². The fourth-order valence-corrected chi connectivity index (χ4v) is 4.25. The second-order valence-electron chi connectivity index (χ2n) is 7.25. The Morgan fingerprint density at radius 3 is 2.59 bits per heavy atom. The first-order valence-electron chi connectivity index (χ1n) is 9.56. The normalized spacial score (nSPS) is 15.4. The van der Waals surface area contributed by atoms with E-state index in [9.17, 15) is 4.39 Å².